The molecule has 0 heterocycles. The molecule has 132 valence electrons. The Morgan fingerprint density at radius 2 is 2.00 bits per heavy atom. The van der Waals surface area contributed by atoms with Gasteiger partial charge in [-0.25, -0.2) is 13.1 Å². The quantitative estimate of drug-likeness (QED) is 0.446. The van der Waals surface area contributed by atoms with Gasteiger partial charge in [0.15, 0.2) is 0 Å². The van der Waals surface area contributed by atoms with Crippen LogP contribution in [0.4, 0.5) is 11.4 Å². The number of sulfonamides is 1. The van der Waals surface area contributed by atoms with Crippen molar-refractivity contribution in [3.8, 4) is 0 Å². The predicted molar refractivity (Wildman–Crippen MR) is 93.5 cm³/mol. The summed E-state index contributed by atoms with van der Waals surface area (Å²) >= 11 is 0. The van der Waals surface area contributed by atoms with Crippen LogP contribution in [-0.2, 0) is 10.0 Å². The first-order chi connectivity index (χ1) is 11.3. The van der Waals surface area contributed by atoms with Crippen LogP contribution in [0.15, 0.2) is 35.7 Å². The molecule has 0 atom stereocenters. The monoisotopic (exact) mass is 353 g/mol. The van der Waals surface area contributed by atoms with Crippen molar-refractivity contribution in [2.75, 3.05) is 11.9 Å². The fourth-order valence-electron chi connectivity index (χ4n) is 2.83. The number of hydrogen-bond donors (Lipinski definition) is 2. The van der Waals surface area contributed by atoms with E-state index < -0.39 is 14.9 Å². The number of nitrogens with one attached hydrogen (secondary N) is 2. The van der Waals surface area contributed by atoms with Crippen LogP contribution in [0.3, 0.4) is 0 Å². The first-order valence-electron chi connectivity index (χ1n) is 7.99. The Labute approximate surface area is 142 Å². The number of anilines is 1. The third-order valence-corrected chi connectivity index (χ3v) is 5.77. The van der Waals surface area contributed by atoms with Crippen LogP contribution in [-0.4, -0.2) is 25.9 Å². The van der Waals surface area contributed by atoms with Crippen LogP contribution >= 0.6 is 0 Å². The lowest BCUT2D eigenvalue weighted by Gasteiger charge is -2.26. The summed E-state index contributed by atoms with van der Waals surface area (Å²) in [7, 11) is -3.77. The molecule has 1 aromatic rings. The summed E-state index contributed by atoms with van der Waals surface area (Å²) in [5.74, 6) is 0.613. The van der Waals surface area contributed by atoms with E-state index in [4.69, 9.17) is 0 Å². The van der Waals surface area contributed by atoms with Gasteiger partial charge in [-0.1, -0.05) is 13.0 Å². The lowest BCUT2D eigenvalue weighted by molar-refractivity contribution is -0.384. The SMILES string of the molecule is C=CCNc1ccc(S(=O)(=O)NC2CCC(C)CC2)cc1[N+](=O)[O-]. The van der Waals surface area contributed by atoms with Crippen molar-refractivity contribution >= 4 is 21.4 Å². The fraction of sp³-hybridized carbons (Fsp3) is 0.500. The van der Waals surface area contributed by atoms with E-state index in [0.717, 1.165) is 31.7 Å². The third-order valence-electron chi connectivity index (χ3n) is 4.25. The van der Waals surface area contributed by atoms with Gasteiger partial charge in [0, 0.05) is 18.7 Å². The Balaban J connectivity index is 2.21. The largest absolute Gasteiger partial charge is 0.376 e. The van der Waals surface area contributed by atoms with Gasteiger partial charge < -0.3 is 5.32 Å². The second-order valence-electron chi connectivity index (χ2n) is 6.18. The fourth-order valence-corrected chi connectivity index (χ4v) is 4.15. The summed E-state index contributed by atoms with van der Waals surface area (Å²) in [4.78, 5) is 10.5. The van der Waals surface area contributed by atoms with Gasteiger partial charge in [-0.15, -0.1) is 6.58 Å². The molecule has 7 nitrogen and oxygen atoms in total. The number of hydrogen-bond acceptors (Lipinski definition) is 5. The van der Waals surface area contributed by atoms with Gasteiger partial charge in [0.05, 0.1) is 9.82 Å². The number of nitrogens with zero attached hydrogens (tertiary/aromatic N) is 1. The van der Waals surface area contributed by atoms with E-state index in [9.17, 15) is 18.5 Å². The number of benzene rings is 1. The minimum absolute atomic E-state index is 0.0861. The van der Waals surface area contributed by atoms with Crippen LogP contribution < -0.4 is 10.0 Å². The molecule has 24 heavy (non-hydrogen) atoms. The molecule has 0 aromatic heterocycles. The van der Waals surface area contributed by atoms with Crippen LogP contribution in [0.2, 0.25) is 0 Å². The van der Waals surface area contributed by atoms with Crippen LogP contribution in [0, 0.1) is 16.0 Å². The van der Waals surface area contributed by atoms with Crippen molar-refractivity contribution in [2.45, 2.75) is 43.5 Å². The first-order valence-corrected chi connectivity index (χ1v) is 9.47. The minimum atomic E-state index is -3.77. The summed E-state index contributed by atoms with van der Waals surface area (Å²) in [5, 5.41) is 14.0. The molecular weight excluding hydrogens is 330 g/mol. The topological polar surface area (TPSA) is 101 Å². The number of rotatable bonds is 7. The average molecular weight is 353 g/mol. The zero-order valence-corrected chi connectivity index (χ0v) is 14.5. The molecule has 1 aliphatic carbocycles. The Bertz CT molecular complexity index is 710. The van der Waals surface area contributed by atoms with Crippen molar-refractivity contribution in [1.29, 1.82) is 0 Å². The van der Waals surface area contributed by atoms with Gasteiger partial charge in [-0.3, -0.25) is 10.1 Å². The molecule has 1 fully saturated rings. The van der Waals surface area contributed by atoms with Gasteiger partial charge in [0.25, 0.3) is 5.69 Å². The van der Waals surface area contributed by atoms with E-state index >= 15 is 0 Å². The maximum absolute atomic E-state index is 12.5. The molecule has 0 radical (unpaired) electrons. The average Bonchev–Trinajstić information content (AvgIpc) is 2.54. The summed E-state index contributed by atoms with van der Waals surface area (Å²) in [6, 6.07) is 3.79. The van der Waals surface area contributed by atoms with Crippen LogP contribution in [0.1, 0.15) is 32.6 Å². The van der Waals surface area contributed by atoms with E-state index in [1.807, 2.05) is 0 Å². The summed E-state index contributed by atoms with van der Waals surface area (Å²) in [6.45, 7) is 6.05. The zero-order chi connectivity index (χ0) is 17.7. The molecule has 1 aromatic carbocycles. The predicted octanol–water partition coefficient (Wildman–Crippen LogP) is 3.05. The van der Waals surface area contributed by atoms with E-state index in [-0.39, 0.29) is 22.3 Å². The van der Waals surface area contributed by atoms with Crippen molar-refractivity contribution < 1.29 is 13.3 Å². The molecule has 2 N–H and O–H groups in total. The van der Waals surface area contributed by atoms with Crippen molar-refractivity contribution in [3.05, 3.63) is 41.0 Å². The highest BCUT2D eigenvalue weighted by Crippen LogP contribution is 2.29. The highest BCUT2D eigenvalue weighted by atomic mass is 32.2. The standard InChI is InChI=1S/C16H23N3O4S/c1-3-10-17-15-9-8-14(11-16(15)19(20)21)24(22,23)18-13-6-4-12(2)5-7-13/h3,8-9,11-13,17-18H,1,4-7,10H2,2H3. The lowest BCUT2D eigenvalue weighted by atomic mass is 9.88. The maximum atomic E-state index is 12.5. The molecule has 0 spiro atoms. The van der Waals surface area contributed by atoms with Crippen molar-refractivity contribution in [1.82, 2.24) is 4.72 Å². The van der Waals surface area contributed by atoms with Crippen molar-refractivity contribution in [3.63, 3.8) is 0 Å². The molecule has 0 aliphatic heterocycles. The summed E-state index contributed by atoms with van der Waals surface area (Å²) < 4.78 is 27.7. The number of nitro benzene ring substituents is 1. The second-order valence-corrected chi connectivity index (χ2v) is 7.90. The highest BCUT2D eigenvalue weighted by molar-refractivity contribution is 7.89. The Morgan fingerprint density at radius 1 is 1.33 bits per heavy atom. The molecule has 2 rings (SSSR count). The lowest BCUT2D eigenvalue weighted by Crippen LogP contribution is -2.37. The smallest absolute Gasteiger partial charge is 0.293 e. The molecule has 1 aliphatic rings. The van der Waals surface area contributed by atoms with Gasteiger partial charge in [0.1, 0.15) is 5.69 Å². The van der Waals surface area contributed by atoms with E-state index in [1.165, 1.54) is 12.1 Å². The number of nitro groups is 1. The van der Waals surface area contributed by atoms with Crippen molar-refractivity contribution in [2.24, 2.45) is 5.92 Å². The Hall–Kier alpha value is -1.93. The second kappa shape index (κ2) is 7.76. The van der Waals surface area contributed by atoms with E-state index in [2.05, 4.69) is 23.5 Å². The Morgan fingerprint density at radius 3 is 2.58 bits per heavy atom. The molecule has 0 amide bonds. The zero-order valence-electron chi connectivity index (χ0n) is 13.7. The van der Waals surface area contributed by atoms with Crippen LogP contribution in [0.5, 0.6) is 0 Å². The first kappa shape index (κ1) is 18.4. The van der Waals surface area contributed by atoms with Gasteiger partial charge in [0.2, 0.25) is 10.0 Å². The molecular formula is C16H23N3O4S. The van der Waals surface area contributed by atoms with Gasteiger partial charge in [-0.05, 0) is 43.7 Å². The minimum Gasteiger partial charge on any atom is -0.376 e. The summed E-state index contributed by atoms with van der Waals surface area (Å²) in [6.07, 6.45) is 5.12. The Kier molecular flexibility index (Phi) is 5.95. The summed E-state index contributed by atoms with van der Waals surface area (Å²) in [5.41, 5.74) is 0.00216. The maximum Gasteiger partial charge on any atom is 0.293 e. The third kappa shape index (κ3) is 4.55. The molecule has 8 heteroatoms. The normalized spacial score (nSPS) is 21.2. The molecule has 1 saturated carbocycles. The van der Waals surface area contributed by atoms with Gasteiger partial charge in [-0.2, -0.15) is 0 Å². The van der Waals surface area contributed by atoms with Gasteiger partial charge >= 0.3 is 0 Å². The molecule has 0 saturated heterocycles. The van der Waals surface area contributed by atoms with E-state index in [1.54, 1.807) is 6.08 Å². The molecule has 0 unspecified atom stereocenters. The molecule has 0 bridgehead atoms. The highest BCUT2D eigenvalue weighted by Gasteiger charge is 2.26. The van der Waals surface area contributed by atoms with E-state index in [0.29, 0.717) is 12.5 Å². The van der Waals surface area contributed by atoms with Crippen LogP contribution in [0.25, 0.3) is 0 Å².